The molecule has 0 atom stereocenters. The minimum absolute atomic E-state index is 0.684. The standard InChI is InChI=1S/C13H16N2O/c1-15-5-4-11-2-3-12(6-13(11)15)16-9-10-7-14-8-10/h2-6,10,14H,7-9H2,1H3. The molecular formula is C13H16N2O. The van der Waals surface area contributed by atoms with Gasteiger partial charge >= 0.3 is 0 Å². The van der Waals surface area contributed by atoms with E-state index >= 15 is 0 Å². The lowest BCUT2D eigenvalue weighted by molar-refractivity contribution is 0.199. The lowest BCUT2D eigenvalue weighted by atomic mass is 10.1. The first-order valence-electron chi connectivity index (χ1n) is 5.71. The molecule has 2 aromatic rings. The molecule has 1 saturated heterocycles. The summed E-state index contributed by atoms with van der Waals surface area (Å²) < 4.78 is 7.91. The topological polar surface area (TPSA) is 26.2 Å². The van der Waals surface area contributed by atoms with Gasteiger partial charge in [0.1, 0.15) is 5.75 Å². The van der Waals surface area contributed by atoms with Crippen molar-refractivity contribution >= 4 is 10.9 Å². The molecule has 0 unspecified atom stereocenters. The van der Waals surface area contributed by atoms with Crippen molar-refractivity contribution in [3.05, 3.63) is 30.5 Å². The lowest BCUT2D eigenvalue weighted by Crippen LogP contribution is -2.45. The van der Waals surface area contributed by atoms with Crippen molar-refractivity contribution in [3.8, 4) is 5.75 Å². The molecule has 84 valence electrons. The molecule has 1 aromatic heterocycles. The molecule has 3 rings (SSSR count). The molecule has 0 saturated carbocycles. The molecule has 1 fully saturated rings. The fourth-order valence-electron chi connectivity index (χ4n) is 2.01. The van der Waals surface area contributed by atoms with Crippen molar-refractivity contribution in [2.45, 2.75) is 0 Å². The van der Waals surface area contributed by atoms with Crippen molar-refractivity contribution in [1.29, 1.82) is 0 Å². The first kappa shape index (κ1) is 9.73. The number of hydrogen-bond acceptors (Lipinski definition) is 2. The molecule has 1 aliphatic heterocycles. The SMILES string of the molecule is Cn1ccc2ccc(OCC3CNC3)cc21. The summed E-state index contributed by atoms with van der Waals surface area (Å²) in [5.41, 5.74) is 1.23. The number of fused-ring (bicyclic) bond motifs is 1. The van der Waals surface area contributed by atoms with Crippen LogP contribution in [-0.4, -0.2) is 24.3 Å². The number of nitrogens with zero attached hydrogens (tertiary/aromatic N) is 1. The molecule has 0 bridgehead atoms. The van der Waals surface area contributed by atoms with Crippen LogP contribution < -0.4 is 10.1 Å². The maximum absolute atomic E-state index is 5.79. The third kappa shape index (κ3) is 1.67. The van der Waals surface area contributed by atoms with Crippen molar-refractivity contribution < 1.29 is 4.74 Å². The Morgan fingerprint density at radius 1 is 1.38 bits per heavy atom. The normalized spacial score (nSPS) is 16.3. The Morgan fingerprint density at radius 2 is 2.25 bits per heavy atom. The summed E-state index contributed by atoms with van der Waals surface area (Å²) in [4.78, 5) is 0. The molecule has 0 amide bonds. The summed E-state index contributed by atoms with van der Waals surface area (Å²) in [5, 5.41) is 4.51. The van der Waals surface area contributed by atoms with E-state index in [1.54, 1.807) is 0 Å². The van der Waals surface area contributed by atoms with E-state index in [1.807, 2.05) is 0 Å². The molecule has 2 heterocycles. The predicted octanol–water partition coefficient (Wildman–Crippen LogP) is 1.78. The summed E-state index contributed by atoms with van der Waals surface area (Å²) >= 11 is 0. The summed E-state index contributed by atoms with van der Waals surface area (Å²) in [6.45, 7) is 3.00. The van der Waals surface area contributed by atoms with Crippen LogP contribution in [0.15, 0.2) is 30.5 Å². The third-order valence-electron chi connectivity index (χ3n) is 3.21. The zero-order chi connectivity index (χ0) is 11.0. The van der Waals surface area contributed by atoms with Crippen molar-refractivity contribution in [2.24, 2.45) is 13.0 Å². The average Bonchev–Trinajstić information content (AvgIpc) is 2.58. The van der Waals surface area contributed by atoms with Gasteiger partial charge < -0.3 is 14.6 Å². The molecule has 1 aromatic carbocycles. The van der Waals surface area contributed by atoms with E-state index in [1.165, 1.54) is 10.9 Å². The number of aryl methyl sites for hydroxylation is 1. The first-order valence-corrected chi connectivity index (χ1v) is 5.71. The fraction of sp³-hybridized carbons (Fsp3) is 0.385. The van der Waals surface area contributed by atoms with Crippen LogP contribution in [0.25, 0.3) is 10.9 Å². The van der Waals surface area contributed by atoms with E-state index in [9.17, 15) is 0 Å². The van der Waals surface area contributed by atoms with Crippen molar-refractivity contribution in [1.82, 2.24) is 9.88 Å². The number of hydrogen-bond donors (Lipinski definition) is 1. The second-order valence-corrected chi connectivity index (χ2v) is 4.48. The van der Waals surface area contributed by atoms with Crippen LogP contribution in [0, 0.1) is 5.92 Å². The zero-order valence-electron chi connectivity index (χ0n) is 9.44. The largest absolute Gasteiger partial charge is 0.493 e. The van der Waals surface area contributed by atoms with Gasteiger partial charge in [0.15, 0.2) is 0 Å². The van der Waals surface area contributed by atoms with Gasteiger partial charge in [0.05, 0.1) is 12.1 Å². The Balaban J connectivity index is 1.78. The number of ether oxygens (including phenoxy) is 1. The average molecular weight is 216 g/mol. The van der Waals surface area contributed by atoms with Crippen LogP contribution in [0.1, 0.15) is 0 Å². The van der Waals surface area contributed by atoms with Crippen LogP contribution in [0.3, 0.4) is 0 Å². The van der Waals surface area contributed by atoms with Crippen LogP contribution in [-0.2, 0) is 7.05 Å². The molecule has 1 aliphatic rings. The van der Waals surface area contributed by atoms with E-state index < -0.39 is 0 Å². The molecule has 0 radical (unpaired) electrons. The van der Waals surface area contributed by atoms with Gasteiger partial charge in [0, 0.05) is 38.3 Å². The second-order valence-electron chi connectivity index (χ2n) is 4.48. The zero-order valence-corrected chi connectivity index (χ0v) is 9.44. The monoisotopic (exact) mass is 216 g/mol. The summed E-state index contributed by atoms with van der Waals surface area (Å²) in [5.74, 6) is 1.66. The van der Waals surface area contributed by atoms with E-state index in [2.05, 4.69) is 47.4 Å². The summed E-state index contributed by atoms with van der Waals surface area (Å²) in [6.07, 6.45) is 2.07. The molecule has 3 nitrogen and oxygen atoms in total. The number of aromatic nitrogens is 1. The van der Waals surface area contributed by atoms with Gasteiger partial charge in [-0.25, -0.2) is 0 Å². The van der Waals surface area contributed by atoms with Gasteiger partial charge in [0.25, 0.3) is 0 Å². The van der Waals surface area contributed by atoms with Gasteiger partial charge in [-0.2, -0.15) is 0 Å². The molecule has 16 heavy (non-hydrogen) atoms. The van der Waals surface area contributed by atoms with Crippen molar-refractivity contribution in [2.75, 3.05) is 19.7 Å². The Bertz CT molecular complexity index is 500. The Kier molecular flexibility index (Phi) is 2.33. The second kappa shape index (κ2) is 3.83. The Morgan fingerprint density at radius 3 is 3.00 bits per heavy atom. The predicted molar refractivity (Wildman–Crippen MR) is 64.8 cm³/mol. The van der Waals surface area contributed by atoms with Gasteiger partial charge in [0.2, 0.25) is 0 Å². The van der Waals surface area contributed by atoms with Crippen LogP contribution in [0.4, 0.5) is 0 Å². The third-order valence-corrected chi connectivity index (χ3v) is 3.21. The smallest absolute Gasteiger partial charge is 0.121 e. The summed E-state index contributed by atoms with van der Waals surface area (Å²) in [7, 11) is 2.06. The quantitative estimate of drug-likeness (QED) is 0.846. The van der Waals surface area contributed by atoms with E-state index in [-0.39, 0.29) is 0 Å². The summed E-state index contributed by atoms with van der Waals surface area (Å²) in [6, 6.07) is 8.40. The van der Waals surface area contributed by atoms with Gasteiger partial charge in [-0.3, -0.25) is 0 Å². The van der Waals surface area contributed by atoms with Gasteiger partial charge in [-0.1, -0.05) is 0 Å². The van der Waals surface area contributed by atoms with Crippen LogP contribution >= 0.6 is 0 Å². The van der Waals surface area contributed by atoms with E-state index in [4.69, 9.17) is 4.74 Å². The molecule has 3 heteroatoms. The molecule has 0 aliphatic carbocycles. The maximum Gasteiger partial charge on any atom is 0.121 e. The highest BCUT2D eigenvalue weighted by Crippen LogP contribution is 2.21. The van der Waals surface area contributed by atoms with Crippen LogP contribution in [0.5, 0.6) is 5.75 Å². The first-order chi connectivity index (χ1) is 7.83. The maximum atomic E-state index is 5.79. The lowest BCUT2D eigenvalue weighted by Gasteiger charge is -2.26. The number of rotatable bonds is 3. The van der Waals surface area contributed by atoms with E-state index in [0.29, 0.717) is 5.92 Å². The van der Waals surface area contributed by atoms with E-state index in [0.717, 1.165) is 25.4 Å². The fourth-order valence-corrected chi connectivity index (χ4v) is 2.01. The molecule has 1 N–H and O–H groups in total. The highest BCUT2D eigenvalue weighted by Gasteiger charge is 2.17. The molecular weight excluding hydrogens is 200 g/mol. The minimum atomic E-state index is 0.684. The van der Waals surface area contributed by atoms with Crippen LogP contribution in [0.2, 0.25) is 0 Å². The van der Waals surface area contributed by atoms with Crippen molar-refractivity contribution in [3.63, 3.8) is 0 Å². The number of benzene rings is 1. The minimum Gasteiger partial charge on any atom is -0.493 e. The Hall–Kier alpha value is -1.48. The van der Waals surface area contributed by atoms with Gasteiger partial charge in [-0.15, -0.1) is 0 Å². The highest BCUT2D eigenvalue weighted by atomic mass is 16.5. The molecule has 0 spiro atoms. The van der Waals surface area contributed by atoms with Gasteiger partial charge in [-0.05, 0) is 23.6 Å². The highest BCUT2D eigenvalue weighted by molar-refractivity contribution is 5.81. The number of nitrogens with one attached hydrogen (secondary N) is 1. The Labute approximate surface area is 95.0 Å².